The lowest BCUT2D eigenvalue weighted by molar-refractivity contribution is 0.219. The number of likely N-dealkylation sites (N-methyl/N-ethyl adjacent to an activating group) is 1. The van der Waals surface area contributed by atoms with Crippen LogP contribution in [-0.2, 0) is 0 Å². The zero-order valence-corrected chi connectivity index (χ0v) is 6.55. The van der Waals surface area contributed by atoms with Crippen molar-refractivity contribution in [2.24, 2.45) is 0 Å². The number of hydrogen-bond acceptors (Lipinski definition) is 1. The van der Waals surface area contributed by atoms with Crippen molar-refractivity contribution in [1.82, 2.24) is 10.2 Å². The first-order chi connectivity index (χ1) is 4.77. The number of rotatable bonds is 2. The standard InChI is InChI=1S/C7H14N2O/c1-3-6-5-9(4-2)7(10)8-6/h6H,3-5H2,1-2H3,(H,8,10)/t6-/m0/s1. The lowest BCUT2D eigenvalue weighted by Crippen LogP contribution is -2.28. The van der Waals surface area contributed by atoms with E-state index in [0.29, 0.717) is 6.04 Å². The largest absolute Gasteiger partial charge is 0.333 e. The summed E-state index contributed by atoms with van der Waals surface area (Å²) in [5.74, 6) is 0. The molecular formula is C7H14N2O. The fourth-order valence-corrected chi connectivity index (χ4v) is 1.16. The van der Waals surface area contributed by atoms with E-state index in [0.717, 1.165) is 19.5 Å². The van der Waals surface area contributed by atoms with Crippen LogP contribution in [0.15, 0.2) is 0 Å². The quantitative estimate of drug-likeness (QED) is 0.608. The van der Waals surface area contributed by atoms with Gasteiger partial charge < -0.3 is 10.2 Å². The first kappa shape index (κ1) is 7.38. The molecule has 58 valence electrons. The normalized spacial score (nSPS) is 25.2. The Kier molecular flexibility index (Phi) is 2.14. The van der Waals surface area contributed by atoms with Crippen LogP contribution in [0.1, 0.15) is 20.3 Å². The zero-order chi connectivity index (χ0) is 7.56. The van der Waals surface area contributed by atoms with Gasteiger partial charge in [-0.3, -0.25) is 0 Å². The summed E-state index contributed by atoms with van der Waals surface area (Å²) in [6, 6.07) is 0.474. The number of nitrogens with zero attached hydrogens (tertiary/aromatic N) is 1. The molecule has 1 atom stereocenters. The van der Waals surface area contributed by atoms with E-state index < -0.39 is 0 Å². The molecule has 1 saturated heterocycles. The predicted molar refractivity (Wildman–Crippen MR) is 39.9 cm³/mol. The average Bonchev–Trinajstić information content (AvgIpc) is 2.30. The molecule has 3 nitrogen and oxygen atoms in total. The lowest BCUT2D eigenvalue weighted by Gasteiger charge is -2.09. The summed E-state index contributed by atoms with van der Waals surface area (Å²) < 4.78 is 0. The maximum atomic E-state index is 11.0. The van der Waals surface area contributed by atoms with E-state index in [-0.39, 0.29) is 6.03 Å². The predicted octanol–water partition coefficient (Wildman–Crippen LogP) is 0.810. The van der Waals surface area contributed by atoms with Gasteiger partial charge >= 0.3 is 6.03 Å². The van der Waals surface area contributed by atoms with Crippen LogP contribution in [0.2, 0.25) is 0 Å². The summed E-state index contributed by atoms with van der Waals surface area (Å²) in [7, 11) is 0. The molecule has 1 N–H and O–H groups in total. The molecule has 0 aromatic rings. The maximum absolute atomic E-state index is 11.0. The Balaban J connectivity index is 2.44. The Morgan fingerprint density at radius 2 is 2.40 bits per heavy atom. The van der Waals surface area contributed by atoms with E-state index >= 15 is 0 Å². The van der Waals surface area contributed by atoms with Crippen LogP contribution in [0.5, 0.6) is 0 Å². The van der Waals surface area contributed by atoms with Gasteiger partial charge in [-0.15, -0.1) is 0 Å². The molecule has 0 aromatic heterocycles. The second-order valence-corrected chi connectivity index (χ2v) is 2.59. The summed E-state index contributed by atoms with van der Waals surface area (Å²) >= 11 is 0. The van der Waals surface area contributed by atoms with Crippen LogP contribution < -0.4 is 5.32 Å². The monoisotopic (exact) mass is 142 g/mol. The molecule has 0 saturated carbocycles. The topological polar surface area (TPSA) is 32.3 Å². The van der Waals surface area contributed by atoms with Crippen molar-refractivity contribution >= 4 is 6.03 Å². The van der Waals surface area contributed by atoms with Crippen LogP contribution >= 0.6 is 0 Å². The molecule has 1 aliphatic heterocycles. The highest BCUT2D eigenvalue weighted by atomic mass is 16.2. The summed E-state index contributed by atoms with van der Waals surface area (Å²) in [4.78, 5) is 12.8. The van der Waals surface area contributed by atoms with E-state index in [1.54, 1.807) is 0 Å². The van der Waals surface area contributed by atoms with Crippen LogP contribution in [0, 0.1) is 0 Å². The zero-order valence-electron chi connectivity index (χ0n) is 6.55. The van der Waals surface area contributed by atoms with E-state index in [1.165, 1.54) is 0 Å². The van der Waals surface area contributed by atoms with Crippen LogP contribution in [-0.4, -0.2) is 30.1 Å². The Hall–Kier alpha value is -0.730. The van der Waals surface area contributed by atoms with Gasteiger partial charge in [-0.1, -0.05) is 6.92 Å². The van der Waals surface area contributed by atoms with Gasteiger partial charge in [0.1, 0.15) is 0 Å². The lowest BCUT2D eigenvalue weighted by atomic mass is 10.2. The third kappa shape index (κ3) is 1.23. The van der Waals surface area contributed by atoms with Gasteiger partial charge in [0.25, 0.3) is 0 Å². The Labute approximate surface area is 61.4 Å². The molecule has 0 radical (unpaired) electrons. The molecule has 0 aliphatic carbocycles. The molecule has 1 fully saturated rings. The molecule has 3 heteroatoms. The number of carbonyl (C=O) groups excluding carboxylic acids is 1. The summed E-state index contributed by atoms with van der Waals surface area (Å²) in [5, 5.41) is 2.89. The molecule has 10 heavy (non-hydrogen) atoms. The average molecular weight is 142 g/mol. The molecule has 0 unspecified atom stereocenters. The highest BCUT2D eigenvalue weighted by Crippen LogP contribution is 2.05. The van der Waals surface area contributed by atoms with Crippen molar-refractivity contribution in [2.75, 3.05) is 13.1 Å². The number of hydrogen-bond donors (Lipinski definition) is 1. The Morgan fingerprint density at radius 3 is 2.70 bits per heavy atom. The second-order valence-electron chi connectivity index (χ2n) is 2.59. The number of urea groups is 1. The van der Waals surface area contributed by atoms with Gasteiger partial charge in [-0.05, 0) is 13.3 Å². The Bertz CT molecular complexity index is 136. The van der Waals surface area contributed by atoms with E-state index in [2.05, 4.69) is 12.2 Å². The molecule has 0 aromatic carbocycles. The minimum Gasteiger partial charge on any atom is -0.333 e. The van der Waals surface area contributed by atoms with E-state index in [1.807, 2.05) is 11.8 Å². The van der Waals surface area contributed by atoms with Crippen molar-refractivity contribution < 1.29 is 4.79 Å². The maximum Gasteiger partial charge on any atom is 0.317 e. The van der Waals surface area contributed by atoms with Crippen LogP contribution in [0.25, 0.3) is 0 Å². The minimum atomic E-state index is 0.0920. The van der Waals surface area contributed by atoms with Crippen molar-refractivity contribution in [1.29, 1.82) is 0 Å². The SMILES string of the molecule is CC[C@H]1CN(CC)C(=O)N1. The third-order valence-corrected chi connectivity index (χ3v) is 1.93. The molecule has 1 rings (SSSR count). The molecule has 1 aliphatic rings. The van der Waals surface area contributed by atoms with Crippen molar-refractivity contribution in [3.63, 3.8) is 0 Å². The van der Waals surface area contributed by atoms with Gasteiger partial charge in [0, 0.05) is 19.1 Å². The third-order valence-electron chi connectivity index (χ3n) is 1.93. The first-order valence-electron chi connectivity index (χ1n) is 3.83. The molecule has 0 bridgehead atoms. The van der Waals surface area contributed by atoms with Crippen molar-refractivity contribution in [2.45, 2.75) is 26.3 Å². The van der Waals surface area contributed by atoms with Crippen LogP contribution in [0.3, 0.4) is 0 Å². The fraction of sp³-hybridized carbons (Fsp3) is 0.857. The number of nitrogens with one attached hydrogen (secondary N) is 1. The van der Waals surface area contributed by atoms with Crippen molar-refractivity contribution in [3.8, 4) is 0 Å². The molecule has 0 spiro atoms. The van der Waals surface area contributed by atoms with Gasteiger partial charge in [0.15, 0.2) is 0 Å². The van der Waals surface area contributed by atoms with E-state index in [9.17, 15) is 4.79 Å². The van der Waals surface area contributed by atoms with E-state index in [4.69, 9.17) is 0 Å². The summed E-state index contributed by atoms with van der Waals surface area (Å²) in [5.41, 5.74) is 0. The summed E-state index contributed by atoms with van der Waals surface area (Å²) in [6.07, 6.45) is 1.03. The van der Waals surface area contributed by atoms with Gasteiger partial charge in [-0.2, -0.15) is 0 Å². The van der Waals surface area contributed by atoms with Gasteiger partial charge in [0.05, 0.1) is 0 Å². The van der Waals surface area contributed by atoms with Gasteiger partial charge in [-0.25, -0.2) is 4.79 Å². The number of amides is 2. The van der Waals surface area contributed by atoms with Crippen molar-refractivity contribution in [3.05, 3.63) is 0 Å². The fourth-order valence-electron chi connectivity index (χ4n) is 1.16. The first-order valence-corrected chi connectivity index (χ1v) is 3.83. The van der Waals surface area contributed by atoms with Gasteiger partial charge in [0.2, 0.25) is 0 Å². The minimum absolute atomic E-state index is 0.0920. The summed E-state index contributed by atoms with van der Waals surface area (Å²) in [6.45, 7) is 5.79. The highest BCUT2D eigenvalue weighted by Gasteiger charge is 2.25. The van der Waals surface area contributed by atoms with Crippen LogP contribution in [0.4, 0.5) is 4.79 Å². The Morgan fingerprint density at radius 1 is 1.70 bits per heavy atom. The molecular weight excluding hydrogens is 128 g/mol. The number of carbonyl (C=O) groups is 1. The second kappa shape index (κ2) is 2.90. The molecule has 1 heterocycles. The smallest absolute Gasteiger partial charge is 0.317 e. The molecule has 2 amide bonds. The highest BCUT2D eigenvalue weighted by molar-refractivity contribution is 5.76.